The van der Waals surface area contributed by atoms with Crippen LogP contribution in [0, 0.1) is 6.92 Å². The van der Waals surface area contributed by atoms with E-state index in [0.29, 0.717) is 0 Å². The van der Waals surface area contributed by atoms with Crippen molar-refractivity contribution in [3.8, 4) is 22.3 Å². The van der Waals surface area contributed by atoms with Gasteiger partial charge in [-0.15, -0.1) is 0 Å². The highest BCUT2D eigenvalue weighted by Crippen LogP contribution is 2.45. The van der Waals surface area contributed by atoms with Crippen molar-refractivity contribution in [2.45, 2.75) is 13.3 Å². The van der Waals surface area contributed by atoms with E-state index in [9.17, 15) is 0 Å². The molecule has 0 atom stereocenters. The van der Waals surface area contributed by atoms with E-state index >= 15 is 0 Å². The predicted molar refractivity (Wildman–Crippen MR) is 107 cm³/mol. The molecule has 1 aliphatic carbocycles. The van der Waals surface area contributed by atoms with Gasteiger partial charge in [0.2, 0.25) is 0 Å². The van der Waals surface area contributed by atoms with Crippen LogP contribution in [0.25, 0.3) is 33.0 Å². The van der Waals surface area contributed by atoms with Crippen molar-refractivity contribution in [2.24, 2.45) is 0 Å². The number of hydrogen-bond acceptors (Lipinski definition) is 1. The topological polar surface area (TPSA) is 26.0 Å². The lowest BCUT2D eigenvalue weighted by molar-refractivity contribution is 1.27. The van der Waals surface area contributed by atoms with Crippen molar-refractivity contribution in [1.82, 2.24) is 0 Å². The number of fused-ring (bicyclic) bond motifs is 5. The van der Waals surface area contributed by atoms with Crippen molar-refractivity contribution in [1.29, 1.82) is 0 Å². The van der Waals surface area contributed by atoms with Crippen molar-refractivity contribution in [3.63, 3.8) is 0 Å². The maximum absolute atomic E-state index is 6.01. The van der Waals surface area contributed by atoms with Gasteiger partial charge in [-0.05, 0) is 69.6 Å². The van der Waals surface area contributed by atoms with Gasteiger partial charge in [0.25, 0.3) is 0 Å². The second-order valence-corrected chi connectivity index (χ2v) is 6.96. The molecular weight excluding hydrogens is 302 g/mol. The molecule has 0 fully saturated rings. The predicted octanol–water partition coefficient (Wildman–Crippen LogP) is 5.97. The Morgan fingerprint density at radius 3 is 2.44 bits per heavy atom. The van der Waals surface area contributed by atoms with E-state index in [1.807, 2.05) is 6.07 Å². The van der Waals surface area contributed by atoms with E-state index < -0.39 is 0 Å². The van der Waals surface area contributed by atoms with Gasteiger partial charge in [-0.3, -0.25) is 0 Å². The van der Waals surface area contributed by atoms with Crippen molar-refractivity contribution in [2.75, 3.05) is 5.73 Å². The zero-order valence-corrected chi connectivity index (χ0v) is 14.2. The molecule has 0 heterocycles. The molecule has 0 spiro atoms. The van der Waals surface area contributed by atoms with E-state index in [-0.39, 0.29) is 0 Å². The Morgan fingerprint density at radius 2 is 1.60 bits per heavy atom. The van der Waals surface area contributed by atoms with Gasteiger partial charge in [-0.2, -0.15) is 0 Å². The molecule has 1 heteroatoms. The Labute approximate surface area is 147 Å². The fraction of sp³-hybridized carbons (Fsp3) is 0.0833. The number of aryl methyl sites for hydroxylation is 1. The molecule has 120 valence electrons. The number of nitrogen functional groups attached to an aromatic ring is 1. The molecule has 0 unspecified atom stereocenters. The van der Waals surface area contributed by atoms with Crippen LogP contribution in [0.15, 0.2) is 72.8 Å². The number of anilines is 1. The lowest BCUT2D eigenvalue weighted by atomic mass is 9.91. The normalized spacial score (nSPS) is 12.2. The molecule has 4 aromatic rings. The summed E-state index contributed by atoms with van der Waals surface area (Å²) in [7, 11) is 0. The van der Waals surface area contributed by atoms with Crippen molar-refractivity contribution < 1.29 is 0 Å². The first kappa shape index (κ1) is 14.3. The highest BCUT2D eigenvalue weighted by Gasteiger charge is 2.22. The molecule has 1 aliphatic rings. The summed E-state index contributed by atoms with van der Waals surface area (Å²) in [6, 6.07) is 26.3. The minimum Gasteiger partial charge on any atom is -0.399 e. The van der Waals surface area contributed by atoms with Gasteiger partial charge in [0.05, 0.1) is 0 Å². The van der Waals surface area contributed by atoms with Crippen LogP contribution in [0.3, 0.4) is 0 Å². The Balaban J connectivity index is 1.86. The van der Waals surface area contributed by atoms with E-state index in [1.165, 1.54) is 49.7 Å². The van der Waals surface area contributed by atoms with Crippen LogP contribution in [0.1, 0.15) is 16.7 Å². The average Bonchev–Trinajstić information content (AvgIpc) is 2.99. The van der Waals surface area contributed by atoms with E-state index in [4.69, 9.17) is 5.73 Å². The maximum Gasteiger partial charge on any atom is 0.0317 e. The summed E-state index contributed by atoms with van der Waals surface area (Å²) in [6.07, 6.45) is 0.966. The molecule has 5 rings (SSSR count). The summed E-state index contributed by atoms with van der Waals surface area (Å²) in [5, 5.41) is 2.65. The third kappa shape index (κ3) is 2.16. The highest BCUT2D eigenvalue weighted by atomic mass is 14.5. The number of hydrogen-bond donors (Lipinski definition) is 1. The maximum atomic E-state index is 6.01. The molecule has 0 radical (unpaired) electrons. The number of rotatable bonds is 1. The summed E-state index contributed by atoms with van der Waals surface area (Å²) in [5.74, 6) is 0. The second-order valence-electron chi connectivity index (χ2n) is 6.96. The highest BCUT2D eigenvalue weighted by molar-refractivity contribution is 6.09. The fourth-order valence-corrected chi connectivity index (χ4v) is 4.06. The first-order chi connectivity index (χ1) is 12.2. The first-order valence-corrected chi connectivity index (χ1v) is 8.71. The molecule has 0 amide bonds. The van der Waals surface area contributed by atoms with Gasteiger partial charge in [0.1, 0.15) is 0 Å². The van der Waals surface area contributed by atoms with Crippen LogP contribution in [0.5, 0.6) is 0 Å². The van der Waals surface area contributed by atoms with Gasteiger partial charge in [0.15, 0.2) is 0 Å². The molecule has 0 saturated heterocycles. The van der Waals surface area contributed by atoms with Crippen molar-refractivity contribution >= 4 is 16.5 Å². The molecular formula is C24H19N. The van der Waals surface area contributed by atoms with Gasteiger partial charge >= 0.3 is 0 Å². The van der Waals surface area contributed by atoms with Gasteiger partial charge in [-0.25, -0.2) is 0 Å². The number of benzene rings is 4. The van der Waals surface area contributed by atoms with Gasteiger partial charge in [-0.1, -0.05) is 66.2 Å². The Morgan fingerprint density at radius 1 is 0.760 bits per heavy atom. The lowest BCUT2D eigenvalue weighted by Gasteiger charge is -2.13. The standard InChI is InChI=1S/C24H19N/c1-15-5-7-16(8-6-15)21-4-2-3-17-9-10-18-13-19-14-20(25)11-12-22(19)24(18)23(17)21/h2-12,14H,13,25H2,1H3. The molecule has 0 saturated carbocycles. The Hall–Kier alpha value is -3.06. The van der Waals surface area contributed by atoms with Gasteiger partial charge < -0.3 is 5.73 Å². The minimum absolute atomic E-state index is 0.842. The average molecular weight is 321 g/mol. The summed E-state index contributed by atoms with van der Waals surface area (Å²) in [5.41, 5.74) is 16.2. The van der Waals surface area contributed by atoms with Crippen LogP contribution in [0.4, 0.5) is 5.69 Å². The van der Waals surface area contributed by atoms with Crippen LogP contribution in [0.2, 0.25) is 0 Å². The minimum atomic E-state index is 0.842. The largest absolute Gasteiger partial charge is 0.399 e. The smallest absolute Gasteiger partial charge is 0.0317 e. The zero-order valence-electron chi connectivity index (χ0n) is 14.2. The van der Waals surface area contributed by atoms with Crippen molar-refractivity contribution in [3.05, 3.63) is 89.5 Å². The molecule has 0 aromatic heterocycles. The second kappa shape index (κ2) is 5.22. The summed E-state index contributed by atoms with van der Waals surface area (Å²) in [6.45, 7) is 2.13. The third-order valence-electron chi connectivity index (χ3n) is 5.27. The fourth-order valence-electron chi connectivity index (χ4n) is 4.06. The van der Waals surface area contributed by atoms with E-state index in [1.54, 1.807) is 0 Å². The molecule has 0 bridgehead atoms. The van der Waals surface area contributed by atoms with Crippen LogP contribution >= 0.6 is 0 Å². The van der Waals surface area contributed by atoms with E-state index in [2.05, 4.69) is 73.7 Å². The Kier molecular flexibility index (Phi) is 2.98. The SMILES string of the molecule is Cc1ccc(-c2cccc3ccc4c(c23)-c2ccc(N)cc2C4)cc1. The Bertz CT molecular complexity index is 1120. The van der Waals surface area contributed by atoms with Gasteiger partial charge in [0, 0.05) is 5.69 Å². The molecule has 0 aliphatic heterocycles. The summed E-state index contributed by atoms with van der Waals surface area (Å²) in [4.78, 5) is 0. The summed E-state index contributed by atoms with van der Waals surface area (Å²) < 4.78 is 0. The molecule has 1 nitrogen and oxygen atoms in total. The lowest BCUT2D eigenvalue weighted by Crippen LogP contribution is -1.88. The van der Waals surface area contributed by atoms with Crippen LogP contribution in [-0.2, 0) is 6.42 Å². The zero-order chi connectivity index (χ0) is 17.0. The third-order valence-corrected chi connectivity index (χ3v) is 5.27. The summed E-state index contributed by atoms with van der Waals surface area (Å²) >= 11 is 0. The molecule has 25 heavy (non-hydrogen) atoms. The van der Waals surface area contributed by atoms with E-state index in [0.717, 1.165) is 12.1 Å². The quantitative estimate of drug-likeness (QED) is 0.378. The molecule has 2 N–H and O–H groups in total. The van der Waals surface area contributed by atoms with Crippen LogP contribution in [-0.4, -0.2) is 0 Å². The number of nitrogens with two attached hydrogens (primary N) is 1. The first-order valence-electron chi connectivity index (χ1n) is 8.71. The molecule has 4 aromatic carbocycles. The van der Waals surface area contributed by atoms with Crippen LogP contribution < -0.4 is 5.73 Å². The monoisotopic (exact) mass is 321 g/mol.